The van der Waals surface area contributed by atoms with E-state index in [1.807, 2.05) is 134 Å². The van der Waals surface area contributed by atoms with Gasteiger partial charge in [-0.3, -0.25) is 44.9 Å². The second-order valence-electron chi connectivity index (χ2n) is 29.5. The van der Waals surface area contributed by atoms with Crippen LogP contribution in [0.15, 0.2) is 408 Å². The van der Waals surface area contributed by atoms with Crippen LogP contribution in [0.1, 0.15) is 0 Å². The van der Waals surface area contributed by atoms with E-state index in [4.69, 9.17) is 29.9 Å². The minimum Gasteiger partial charge on any atom is -0.308 e. The van der Waals surface area contributed by atoms with Crippen LogP contribution in [-0.2, 0) is 0 Å². The molecule has 0 aliphatic rings. The van der Waals surface area contributed by atoms with Gasteiger partial charge in [0.05, 0.1) is 126 Å². The summed E-state index contributed by atoms with van der Waals surface area (Å²) in [5.74, 6) is 0. The Kier molecular flexibility index (Phi) is 17.2. The summed E-state index contributed by atoms with van der Waals surface area (Å²) in [6.45, 7) is 0. The third-order valence-corrected chi connectivity index (χ3v) is 22.7. The molecule has 0 saturated carbocycles. The van der Waals surface area contributed by atoms with Crippen LogP contribution < -0.4 is 0 Å². The van der Waals surface area contributed by atoms with Crippen LogP contribution in [-0.4, -0.2) is 63.5 Å². The monoisotopic (exact) mass is 1520 g/mol. The zero-order chi connectivity index (χ0) is 78.7. The molecule has 0 unspecified atom stereocenters. The number of benzene rings is 11. The summed E-state index contributed by atoms with van der Waals surface area (Å²) in [4.78, 5) is 46.6. The molecule has 556 valence electrons. The van der Waals surface area contributed by atoms with Crippen molar-refractivity contribution < 1.29 is 0 Å². The first kappa shape index (κ1) is 69.3. The van der Waals surface area contributed by atoms with E-state index in [2.05, 4.69) is 282 Å². The Bertz CT molecular complexity index is 7980. The van der Waals surface area contributed by atoms with Crippen molar-refractivity contribution in [3.05, 3.63) is 408 Å². The Morgan fingerprint density at radius 3 is 1.00 bits per heavy atom. The number of fused-ring (bicyclic) bond motifs is 17. The number of rotatable bonds is 10. The third-order valence-electron chi connectivity index (χ3n) is 22.7. The first-order valence-corrected chi connectivity index (χ1v) is 39.6. The first-order valence-electron chi connectivity index (χ1n) is 39.6. The molecule has 13 nitrogen and oxygen atoms in total. The van der Waals surface area contributed by atoms with E-state index in [0.717, 1.165) is 146 Å². The molecule has 11 aromatic carbocycles. The van der Waals surface area contributed by atoms with Crippen molar-refractivity contribution in [3.63, 3.8) is 0 Å². The van der Waals surface area contributed by atoms with Crippen LogP contribution in [0.3, 0.4) is 0 Å². The molecule has 0 aliphatic carbocycles. The highest BCUT2D eigenvalue weighted by Crippen LogP contribution is 2.44. The molecular formula is C106H67N13. The Morgan fingerprint density at radius 1 is 0.185 bits per heavy atom. The summed E-state index contributed by atoms with van der Waals surface area (Å²) in [5, 5.41) is 18.1. The van der Waals surface area contributed by atoms with Crippen LogP contribution in [0.5, 0.6) is 0 Å². The van der Waals surface area contributed by atoms with Gasteiger partial charge in [-0.1, -0.05) is 188 Å². The number of hydrogen-bond acceptors (Lipinski definition) is 10. The van der Waals surface area contributed by atoms with Gasteiger partial charge in [0.25, 0.3) is 0 Å². The van der Waals surface area contributed by atoms with Gasteiger partial charge in [0.2, 0.25) is 0 Å². The quantitative estimate of drug-likeness (QED) is 0.130. The summed E-state index contributed by atoms with van der Waals surface area (Å²) < 4.78 is 6.92. The van der Waals surface area contributed by atoms with Crippen LogP contribution in [0, 0.1) is 0 Å². The van der Waals surface area contributed by atoms with E-state index < -0.39 is 0 Å². The maximum atomic E-state index is 4.98. The molecule has 119 heavy (non-hydrogen) atoms. The molecule has 13 aromatic heterocycles. The molecule has 0 atom stereocenters. The predicted molar refractivity (Wildman–Crippen MR) is 486 cm³/mol. The van der Waals surface area contributed by atoms with Gasteiger partial charge in [0.1, 0.15) is 0 Å². The lowest BCUT2D eigenvalue weighted by atomic mass is 10.00. The number of aromatic nitrogens is 13. The minimum absolute atomic E-state index is 0.851. The van der Waals surface area contributed by atoms with Gasteiger partial charge in [0, 0.05) is 114 Å². The molecule has 0 aliphatic heterocycles. The van der Waals surface area contributed by atoms with Gasteiger partial charge in [0.15, 0.2) is 0 Å². The van der Waals surface area contributed by atoms with Gasteiger partial charge in [-0.25, -0.2) is 4.98 Å². The first-order chi connectivity index (χ1) is 59.0. The molecule has 24 rings (SSSR count). The Balaban J connectivity index is 0.000000107. The molecule has 0 fully saturated rings. The Labute approximate surface area is 682 Å². The van der Waals surface area contributed by atoms with Crippen LogP contribution in [0.2, 0.25) is 0 Å². The predicted octanol–water partition coefficient (Wildman–Crippen LogP) is 25.7. The molecule has 0 N–H and O–H groups in total. The van der Waals surface area contributed by atoms with Crippen molar-refractivity contribution in [3.8, 4) is 96.1 Å². The highest BCUT2D eigenvalue weighted by atomic mass is 15.0. The third kappa shape index (κ3) is 12.5. The zero-order valence-electron chi connectivity index (χ0n) is 64.0. The fraction of sp³-hybridized carbons (Fsp3) is 0. The second-order valence-corrected chi connectivity index (χ2v) is 29.5. The summed E-state index contributed by atoms with van der Waals surface area (Å²) in [6, 6.07) is 120. The summed E-state index contributed by atoms with van der Waals surface area (Å²) in [7, 11) is 0. The largest absolute Gasteiger partial charge is 0.308 e. The number of nitrogens with zero attached hydrogens (tertiary/aromatic N) is 13. The topological polar surface area (TPSA) is 144 Å². The van der Waals surface area contributed by atoms with Crippen LogP contribution >= 0.6 is 0 Å². The van der Waals surface area contributed by atoms with E-state index in [9.17, 15) is 0 Å². The lowest BCUT2D eigenvalue weighted by Gasteiger charge is -2.09. The number of para-hydroxylation sites is 1. The average Bonchev–Trinajstić information content (AvgIpc) is 1.58. The van der Waals surface area contributed by atoms with E-state index in [-0.39, 0.29) is 0 Å². The minimum atomic E-state index is 0.851. The molecular weight excluding hydrogens is 1460 g/mol. The second kappa shape index (κ2) is 29.5. The average molecular weight is 1520 g/mol. The molecule has 13 heteroatoms. The molecule has 13 heterocycles. The highest BCUT2D eigenvalue weighted by molar-refractivity contribution is 6.25. The smallest absolute Gasteiger partial charge is 0.0887 e. The summed E-state index contributed by atoms with van der Waals surface area (Å²) >= 11 is 0. The van der Waals surface area contributed by atoms with Crippen LogP contribution in [0.25, 0.3) is 216 Å². The number of pyridine rings is 10. The van der Waals surface area contributed by atoms with E-state index in [1.165, 1.54) is 70.0 Å². The van der Waals surface area contributed by atoms with E-state index >= 15 is 0 Å². The molecule has 0 amide bonds. The van der Waals surface area contributed by atoms with Crippen molar-refractivity contribution in [1.29, 1.82) is 0 Å². The Hall–Kier alpha value is -16.4. The SMILES string of the molecule is c1ccc(-c2ccc(-n3c4ccc(-c5ccc(-c6cccnc6)cn5)cc4c4c5ccccc5ccc43)cn2)nc1.c1ccc(-c2ccc(-n3c4ccc(-c5ccc6ccccc6n5)cc4c4c5ccccc5ccc43)cn2)nc1.c1ccc(-c2ccc(-n3c4ccc(-c5nccc6ccccc56)cc4c4c5ccccc5ccc43)cn2)nc1. The normalized spacial score (nSPS) is 11.5. The van der Waals surface area contributed by atoms with Crippen LogP contribution in [0.4, 0.5) is 0 Å². The standard InChI is InChI=1S/C36H23N5.2C35H22N4/c1-2-8-29-24(6-1)11-17-35-36(29)30-20-25(31-14-10-27(22-39-31)26-7-5-18-37-21-26)12-16-34(30)41(35)28-13-15-33(40-23-28)32-9-3-4-19-38-32;1-3-9-27-23(7-1)13-19-34-35(27)28-21-25(30-16-12-24-8-2-4-10-29(24)38-30)14-18-33(28)39(34)26-15-17-32(37-22-26)31-11-5-6-20-36-31;1-3-9-27-23(7-1)12-17-33-34(27)29-21-25(35-28-10-4-2-8-24(28)18-20-37-35)13-16-32(29)39(33)26-14-15-31(38-22-26)30-11-5-6-19-36-30/h1-23H;2*1-22H. The maximum absolute atomic E-state index is 4.98. The molecule has 0 spiro atoms. The van der Waals surface area contributed by atoms with Gasteiger partial charge in [-0.15, -0.1) is 0 Å². The van der Waals surface area contributed by atoms with Crippen molar-refractivity contribution in [2.75, 3.05) is 0 Å². The van der Waals surface area contributed by atoms with Gasteiger partial charge >= 0.3 is 0 Å². The van der Waals surface area contributed by atoms with E-state index in [1.54, 1.807) is 24.8 Å². The van der Waals surface area contributed by atoms with Gasteiger partial charge in [-0.05, 0) is 195 Å². The zero-order valence-corrected chi connectivity index (χ0v) is 64.0. The lowest BCUT2D eigenvalue weighted by molar-refractivity contribution is 1.14. The Morgan fingerprint density at radius 2 is 0.555 bits per heavy atom. The highest BCUT2D eigenvalue weighted by Gasteiger charge is 2.22. The van der Waals surface area contributed by atoms with Crippen molar-refractivity contribution in [2.24, 2.45) is 0 Å². The summed E-state index contributed by atoms with van der Waals surface area (Å²) in [5.41, 5.74) is 24.3. The van der Waals surface area contributed by atoms with Gasteiger partial charge in [-0.2, -0.15) is 0 Å². The molecule has 24 aromatic rings. The maximum Gasteiger partial charge on any atom is 0.0887 e. The van der Waals surface area contributed by atoms with Crippen molar-refractivity contribution >= 4 is 119 Å². The molecule has 0 saturated heterocycles. The van der Waals surface area contributed by atoms with E-state index in [0.29, 0.717) is 0 Å². The summed E-state index contributed by atoms with van der Waals surface area (Å²) in [6.07, 6.45) is 18.7. The fourth-order valence-corrected chi connectivity index (χ4v) is 17.1. The van der Waals surface area contributed by atoms with Crippen molar-refractivity contribution in [2.45, 2.75) is 0 Å². The van der Waals surface area contributed by atoms with Gasteiger partial charge < -0.3 is 13.7 Å². The fourth-order valence-electron chi connectivity index (χ4n) is 17.1. The molecule has 0 radical (unpaired) electrons. The number of hydrogen-bond donors (Lipinski definition) is 0. The van der Waals surface area contributed by atoms with Crippen molar-refractivity contribution in [1.82, 2.24) is 63.5 Å². The lowest BCUT2D eigenvalue weighted by Crippen LogP contribution is -1.96. The molecule has 0 bridgehead atoms.